The van der Waals surface area contributed by atoms with Gasteiger partial charge in [0, 0.05) is 42.6 Å². The second kappa shape index (κ2) is 9.41. The van der Waals surface area contributed by atoms with Gasteiger partial charge in [-0.3, -0.25) is 4.79 Å². The number of benzene rings is 1. The highest BCUT2D eigenvalue weighted by Crippen LogP contribution is 2.24. The standard InChI is InChI=1S/C19H21FN4O3S/c1-2-27-19(26)24-9-7-15(8-10-24)22-23-17(25)11-16-12-28-18(21-16)13-3-5-14(20)6-4-13/h3-6,12H,2,7-11H2,1H3,(H,23,25). The zero-order valence-electron chi connectivity index (χ0n) is 15.5. The molecule has 148 valence electrons. The summed E-state index contributed by atoms with van der Waals surface area (Å²) >= 11 is 1.40. The van der Waals surface area contributed by atoms with Crippen LogP contribution in [-0.2, 0) is 16.0 Å². The van der Waals surface area contributed by atoms with Crippen LogP contribution in [0, 0.1) is 5.82 Å². The van der Waals surface area contributed by atoms with Crippen molar-refractivity contribution in [2.45, 2.75) is 26.2 Å². The van der Waals surface area contributed by atoms with Gasteiger partial charge in [0.1, 0.15) is 10.8 Å². The first-order valence-corrected chi connectivity index (χ1v) is 9.89. The smallest absolute Gasteiger partial charge is 0.409 e. The molecule has 1 aromatic heterocycles. The van der Waals surface area contributed by atoms with Crippen LogP contribution in [0.3, 0.4) is 0 Å². The number of carbonyl (C=O) groups excluding carboxylic acids is 2. The molecule has 2 amide bonds. The van der Waals surface area contributed by atoms with Gasteiger partial charge in [-0.15, -0.1) is 11.3 Å². The Bertz CT molecular complexity index is 856. The Morgan fingerprint density at radius 3 is 2.68 bits per heavy atom. The molecule has 1 aliphatic rings. The van der Waals surface area contributed by atoms with E-state index in [9.17, 15) is 14.0 Å². The first kappa shape index (κ1) is 19.9. The summed E-state index contributed by atoms with van der Waals surface area (Å²) in [5.41, 5.74) is 4.85. The Morgan fingerprint density at radius 1 is 1.29 bits per heavy atom. The third-order valence-corrected chi connectivity index (χ3v) is 5.13. The van der Waals surface area contributed by atoms with Crippen LogP contribution in [-0.4, -0.2) is 47.3 Å². The minimum absolute atomic E-state index is 0.115. The Morgan fingerprint density at radius 2 is 2.00 bits per heavy atom. The molecule has 0 aliphatic carbocycles. The van der Waals surface area contributed by atoms with Crippen LogP contribution in [0.25, 0.3) is 10.6 Å². The summed E-state index contributed by atoms with van der Waals surface area (Å²) in [5, 5.41) is 6.71. The maximum Gasteiger partial charge on any atom is 0.409 e. The van der Waals surface area contributed by atoms with Crippen molar-refractivity contribution in [3.63, 3.8) is 0 Å². The van der Waals surface area contributed by atoms with Crippen molar-refractivity contribution in [3.05, 3.63) is 41.2 Å². The summed E-state index contributed by atoms with van der Waals surface area (Å²) < 4.78 is 18.0. The van der Waals surface area contributed by atoms with Gasteiger partial charge in [0.25, 0.3) is 0 Å². The third-order valence-electron chi connectivity index (χ3n) is 4.19. The molecule has 0 unspecified atom stereocenters. The largest absolute Gasteiger partial charge is 0.450 e. The number of rotatable bonds is 5. The Labute approximate surface area is 166 Å². The van der Waals surface area contributed by atoms with Gasteiger partial charge in [-0.05, 0) is 31.2 Å². The number of piperidine rings is 1. The minimum atomic E-state index is -0.314. The molecule has 0 bridgehead atoms. The quantitative estimate of drug-likeness (QED) is 0.776. The normalized spacial score (nSPS) is 13.9. The van der Waals surface area contributed by atoms with Crippen LogP contribution in [0.4, 0.5) is 9.18 Å². The lowest BCUT2D eigenvalue weighted by atomic mass is 10.1. The monoisotopic (exact) mass is 404 g/mol. The number of hydrogen-bond acceptors (Lipinski definition) is 6. The van der Waals surface area contributed by atoms with Crippen molar-refractivity contribution < 1.29 is 18.7 Å². The summed E-state index contributed by atoms with van der Waals surface area (Å²) in [7, 11) is 0. The minimum Gasteiger partial charge on any atom is -0.450 e. The lowest BCUT2D eigenvalue weighted by Gasteiger charge is -2.26. The predicted octanol–water partition coefficient (Wildman–Crippen LogP) is 3.22. The first-order chi connectivity index (χ1) is 13.5. The van der Waals surface area contributed by atoms with Crippen molar-refractivity contribution in [1.82, 2.24) is 15.3 Å². The van der Waals surface area contributed by atoms with Crippen molar-refractivity contribution >= 4 is 29.0 Å². The summed E-state index contributed by atoms with van der Waals surface area (Å²) in [6.45, 7) is 3.18. The van der Waals surface area contributed by atoms with Crippen LogP contribution < -0.4 is 5.43 Å². The number of nitrogens with zero attached hydrogens (tertiary/aromatic N) is 3. The van der Waals surface area contributed by atoms with Gasteiger partial charge in [0.05, 0.1) is 18.7 Å². The fourth-order valence-corrected chi connectivity index (χ4v) is 3.56. The van der Waals surface area contributed by atoms with E-state index in [1.54, 1.807) is 24.0 Å². The Hall–Kier alpha value is -2.81. The number of nitrogens with one attached hydrogen (secondary N) is 1. The highest BCUT2D eigenvalue weighted by atomic mass is 32.1. The molecular formula is C19H21FN4O3S. The second-order valence-corrected chi connectivity index (χ2v) is 7.08. The molecule has 0 spiro atoms. The van der Waals surface area contributed by atoms with Gasteiger partial charge in [0.2, 0.25) is 5.91 Å². The first-order valence-electron chi connectivity index (χ1n) is 9.01. The molecule has 28 heavy (non-hydrogen) atoms. The predicted molar refractivity (Wildman–Crippen MR) is 105 cm³/mol. The molecule has 1 fully saturated rings. The molecule has 1 aromatic carbocycles. The van der Waals surface area contributed by atoms with Crippen molar-refractivity contribution in [2.24, 2.45) is 5.10 Å². The van der Waals surface area contributed by atoms with Crippen LogP contribution in [0.2, 0.25) is 0 Å². The fourth-order valence-electron chi connectivity index (χ4n) is 2.73. The average Bonchev–Trinajstić information content (AvgIpc) is 3.16. The van der Waals surface area contributed by atoms with Gasteiger partial charge in [-0.25, -0.2) is 19.6 Å². The second-order valence-electron chi connectivity index (χ2n) is 6.23. The molecule has 0 saturated carbocycles. The van der Waals surface area contributed by atoms with Crippen LogP contribution in [0.5, 0.6) is 0 Å². The molecule has 1 aliphatic heterocycles. The number of likely N-dealkylation sites (tertiary alicyclic amines) is 1. The molecule has 0 atom stereocenters. The number of ether oxygens (including phenoxy) is 1. The number of aromatic nitrogens is 1. The maximum atomic E-state index is 13.0. The highest BCUT2D eigenvalue weighted by Gasteiger charge is 2.20. The van der Waals surface area contributed by atoms with E-state index >= 15 is 0 Å². The summed E-state index contributed by atoms with van der Waals surface area (Å²) in [5.74, 6) is -0.552. The van der Waals surface area contributed by atoms with E-state index in [0.29, 0.717) is 38.2 Å². The van der Waals surface area contributed by atoms with E-state index in [0.717, 1.165) is 16.3 Å². The lowest BCUT2D eigenvalue weighted by Crippen LogP contribution is -2.39. The number of amides is 2. The van der Waals surface area contributed by atoms with Crippen molar-refractivity contribution in [1.29, 1.82) is 0 Å². The van der Waals surface area contributed by atoms with E-state index in [1.165, 1.54) is 23.5 Å². The zero-order chi connectivity index (χ0) is 19.9. The Balaban J connectivity index is 1.48. The van der Waals surface area contributed by atoms with E-state index in [4.69, 9.17) is 4.74 Å². The van der Waals surface area contributed by atoms with Crippen LogP contribution in [0.15, 0.2) is 34.7 Å². The lowest BCUT2D eigenvalue weighted by molar-refractivity contribution is -0.120. The van der Waals surface area contributed by atoms with E-state index in [-0.39, 0.29) is 24.2 Å². The SMILES string of the molecule is CCOC(=O)N1CCC(=NNC(=O)Cc2csc(-c3ccc(F)cc3)n2)CC1. The Kier molecular flexibility index (Phi) is 6.70. The molecule has 2 heterocycles. The molecule has 1 N–H and O–H groups in total. The summed E-state index contributed by atoms with van der Waals surface area (Å²) in [4.78, 5) is 29.8. The number of hydrogen-bond donors (Lipinski definition) is 1. The fraction of sp³-hybridized carbons (Fsp3) is 0.368. The highest BCUT2D eigenvalue weighted by molar-refractivity contribution is 7.13. The summed E-state index contributed by atoms with van der Waals surface area (Å²) in [6, 6.07) is 6.08. The zero-order valence-corrected chi connectivity index (χ0v) is 16.3. The van der Waals surface area contributed by atoms with E-state index in [1.807, 2.05) is 5.38 Å². The molecule has 9 heteroatoms. The van der Waals surface area contributed by atoms with E-state index in [2.05, 4.69) is 15.5 Å². The molecular weight excluding hydrogens is 383 g/mol. The molecule has 0 radical (unpaired) electrons. The van der Waals surface area contributed by atoms with Gasteiger partial charge in [-0.1, -0.05) is 0 Å². The maximum absolute atomic E-state index is 13.0. The molecule has 2 aromatic rings. The van der Waals surface area contributed by atoms with Crippen molar-refractivity contribution in [2.75, 3.05) is 19.7 Å². The van der Waals surface area contributed by atoms with Crippen LogP contribution >= 0.6 is 11.3 Å². The summed E-state index contributed by atoms with van der Waals surface area (Å²) in [6.07, 6.45) is 1.00. The van der Waals surface area contributed by atoms with Crippen LogP contribution in [0.1, 0.15) is 25.5 Å². The average molecular weight is 404 g/mol. The number of halogens is 1. The topological polar surface area (TPSA) is 83.9 Å². The number of thiazole rings is 1. The number of carbonyl (C=O) groups is 2. The number of hydrazone groups is 1. The molecule has 7 nitrogen and oxygen atoms in total. The van der Waals surface area contributed by atoms with E-state index < -0.39 is 0 Å². The van der Waals surface area contributed by atoms with Gasteiger partial charge in [0.15, 0.2) is 0 Å². The molecule has 1 saturated heterocycles. The van der Waals surface area contributed by atoms with Gasteiger partial charge < -0.3 is 9.64 Å². The molecule has 3 rings (SSSR count). The van der Waals surface area contributed by atoms with Gasteiger partial charge in [-0.2, -0.15) is 5.10 Å². The van der Waals surface area contributed by atoms with Crippen molar-refractivity contribution in [3.8, 4) is 10.6 Å². The van der Waals surface area contributed by atoms with Gasteiger partial charge >= 0.3 is 6.09 Å². The third kappa shape index (κ3) is 5.35.